The van der Waals surface area contributed by atoms with Gasteiger partial charge in [-0.3, -0.25) is 9.69 Å². The maximum atomic E-state index is 12.6. The minimum absolute atomic E-state index is 0.144. The van der Waals surface area contributed by atoms with Crippen LogP contribution in [0.4, 0.5) is 0 Å². The summed E-state index contributed by atoms with van der Waals surface area (Å²) in [7, 11) is 1.92. The van der Waals surface area contributed by atoms with Gasteiger partial charge in [-0.25, -0.2) is 0 Å². The van der Waals surface area contributed by atoms with Crippen molar-refractivity contribution in [3.63, 3.8) is 0 Å². The van der Waals surface area contributed by atoms with Gasteiger partial charge in [0.1, 0.15) is 0 Å². The Bertz CT molecular complexity index is 748. The van der Waals surface area contributed by atoms with E-state index in [2.05, 4.69) is 18.2 Å². The molecular weight excluding hydrogens is 343 g/mol. The largest absolute Gasteiger partial charge is 0.337 e. The zero-order valence-corrected chi connectivity index (χ0v) is 15.1. The lowest BCUT2D eigenvalue weighted by Crippen LogP contribution is -2.41. The zero-order chi connectivity index (χ0) is 17.1. The molecule has 0 saturated carbocycles. The highest BCUT2D eigenvalue weighted by Crippen LogP contribution is 2.26. The van der Waals surface area contributed by atoms with Crippen LogP contribution >= 0.6 is 23.2 Å². The first-order valence-corrected chi connectivity index (χ1v) is 8.76. The van der Waals surface area contributed by atoms with Crippen LogP contribution in [0.3, 0.4) is 0 Å². The van der Waals surface area contributed by atoms with E-state index in [1.54, 1.807) is 6.07 Å². The van der Waals surface area contributed by atoms with E-state index in [1.807, 2.05) is 35.0 Å². The Morgan fingerprint density at radius 2 is 1.88 bits per heavy atom. The summed E-state index contributed by atoms with van der Waals surface area (Å²) in [6.45, 7) is 2.43. The molecule has 0 aromatic heterocycles. The van der Waals surface area contributed by atoms with Gasteiger partial charge in [-0.05, 0) is 36.2 Å². The fourth-order valence-corrected chi connectivity index (χ4v) is 3.44. The molecule has 0 bridgehead atoms. The van der Waals surface area contributed by atoms with Crippen molar-refractivity contribution in [3.05, 3.63) is 69.2 Å². The Morgan fingerprint density at radius 1 is 1.12 bits per heavy atom. The summed E-state index contributed by atoms with van der Waals surface area (Å²) >= 11 is 12.3. The highest BCUT2D eigenvalue weighted by molar-refractivity contribution is 6.42. The van der Waals surface area contributed by atoms with Gasteiger partial charge < -0.3 is 4.90 Å². The number of carbonyl (C=O) groups is 1. The molecule has 0 atom stereocenters. The van der Waals surface area contributed by atoms with Gasteiger partial charge in [0.05, 0.1) is 16.6 Å². The van der Waals surface area contributed by atoms with Crippen molar-refractivity contribution in [2.75, 3.05) is 20.1 Å². The smallest absolute Gasteiger partial charge is 0.237 e. The molecule has 2 aromatic rings. The van der Waals surface area contributed by atoms with Crippen LogP contribution in [0, 0.1) is 0 Å². The van der Waals surface area contributed by atoms with Gasteiger partial charge in [0.25, 0.3) is 0 Å². The lowest BCUT2D eigenvalue weighted by molar-refractivity contribution is -0.133. The summed E-state index contributed by atoms with van der Waals surface area (Å²) in [5.74, 6) is 0.144. The monoisotopic (exact) mass is 362 g/mol. The topological polar surface area (TPSA) is 23.6 Å². The molecule has 3 rings (SSSR count). The number of likely N-dealkylation sites (N-methyl/N-ethyl adjacent to an activating group) is 1. The van der Waals surface area contributed by atoms with Crippen molar-refractivity contribution in [3.8, 4) is 0 Å². The van der Waals surface area contributed by atoms with E-state index >= 15 is 0 Å². The molecule has 0 unspecified atom stereocenters. The number of nitrogens with zero attached hydrogens (tertiary/aromatic N) is 2. The summed E-state index contributed by atoms with van der Waals surface area (Å²) in [6, 6.07) is 13.9. The Hall–Kier alpha value is -1.55. The third kappa shape index (κ3) is 3.92. The SMILES string of the molecule is CN(CC(=O)N1CCc2ccccc2C1)Cc1cccc(Cl)c1Cl. The summed E-state index contributed by atoms with van der Waals surface area (Å²) in [4.78, 5) is 16.5. The third-order valence-corrected chi connectivity index (χ3v) is 5.22. The molecule has 1 aliphatic heterocycles. The van der Waals surface area contributed by atoms with Crippen LogP contribution in [-0.4, -0.2) is 35.8 Å². The van der Waals surface area contributed by atoms with Gasteiger partial charge in [-0.2, -0.15) is 0 Å². The van der Waals surface area contributed by atoms with E-state index < -0.39 is 0 Å². The summed E-state index contributed by atoms with van der Waals surface area (Å²) in [5, 5.41) is 1.10. The molecule has 0 spiro atoms. The van der Waals surface area contributed by atoms with Crippen molar-refractivity contribution in [1.29, 1.82) is 0 Å². The van der Waals surface area contributed by atoms with Crippen molar-refractivity contribution in [1.82, 2.24) is 9.80 Å². The van der Waals surface area contributed by atoms with Crippen LogP contribution in [0.1, 0.15) is 16.7 Å². The lowest BCUT2D eigenvalue weighted by atomic mass is 10.00. The lowest BCUT2D eigenvalue weighted by Gasteiger charge is -2.30. The molecule has 2 aromatic carbocycles. The molecule has 1 aliphatic rings. The molecule has 1 amide bonds. The fraction of sp³-hybridized carbons (Fsp3) is 0.316. The highest BCUT2D eigenvalue weighted by Gasteiger charge is 2.21. The minimum atomic E-state index is 0.144. The fourth-order valence-electron chi connectivity index (χ4n) is 3.06. The maximum Gasteiger partial charge on any atom is 0.237 e. The second kappa shape index (κ2) is 7.56. The van der Waals surface area contributed by atoms with Crippen molar-refractivity contribution >= 4 is 29.1 Å². The summed E-state index contributed by atoms with van der Waals surface area (Å²) < 4.78 is 0. The van der Waals surface area contributed by atoms with Crippen molar-refractivity contribution < 1.29 is 4.79 Å². The van der Waals surface area contributed by atoms with Gasteiger partial charge in [-0.15, -0.1) is 0 Å². The van der Waals surface area contributed by atoms with Crippen molar-refractivity contribution in [2.45, 2.75) is 19.5 Å². The first-order chi connectivity index (χ1) is 11.5. The van der Waals surface area contributed by atoms with Gasteiger partial charge in [0.2, 0.25) is 5.91 Å². The number of fused-ring (bicyclic) bond motifs is 1. The normalized spacial score (nSPS) is 13.9. The summed E-state index contributed by atoms with van der Waals surface area (Å²) in [5.41, 5.74) is 3.53. The first-order valence-electron chi connectivity index (χ1n) is 8.00. The van der Waals surface area contributed by atoms with Crippen molar-refractivity contribution in [2.24, 2.45) is 0 Å². The Balaban J connectivity index is 1.60. The average molecular weight is 363 g/mol. The second-order valence-electron chi connectivity index (χ2n) is 6.22. The third-order valence-electron chi connectivity index (χ3n) is 4.36. The molecule has 126 valence electrons. The predicted octanol–water partition coefficient (Wildman–Crippen LogP) is 4.01. The van der Waals surface area contributed by atoms with Crippen LogP contribution in [0.5, 0.6) is 0 Å². The van der Waals surface area contributed by atoms with E-state index in [4.69, 9.17) is 23.2 Å². The number of carbonyl (C=O) groups excluding carboxylic acids is 1. The van der Waals surface area contributed by atoms with E-state index in [1.165, 1.54) is 11.1 Å². The number of rotatable bonds is 4. The second-order valence-corrected chi connectivity index (χ2v) is 7.00. The zero-order valence-electron chi connectivity index (χ0n) is 13.6. The Kier molecular flexibility index (Phi) is 5.44. The number of halogens is 2. The first kappa shape index (κ1) is 17.3. The van der Waals surface area contributed by atoms with E-state index in [0.717, 1.165) is 18.5 Å². The number of benzene rings is 2. The summed E-state index contributed by atoms with van der Waals surface area (Å²) in [6.07, 6.45) is 0.922. The van der Waals surface area contributed by atoms with E-state index in [9.17, 15) is 4.79 Å². The van der Waals surface area contributed by atoms with Gasteiger partial charge in [0.15, 0.2) is 0 Å². The van der Waals surface area contributed by atoms with E-state index in [0.29, 0.717) is 29.7 Å². The number of hydrogen-bond acceptors (Lipinski definition) is 2. The van der Waals surface area contributed by atoms with Crippen LogP contribution in [0.15, 0.2) is 42.5 Å². The molecule has 1 heterocycles. The molecular formula is C19H20Cl2N2O. The Labute approximate surface area is 152 Å². The highest BCUT2D eigenvalue weighted by atomic mass is 35.5. The Morgan fingerprint density at radius 3 is 2.67 bits per heavy atom. The molecule has 0 fully saturated rings. The molecule has 0 aliphatic carbocycles. The predicted molar refractivity (Wildman–Crippen MR) is 98.4 cm³/mol. The van der Waals surface area contributed by atoms with Gasteiger partial charge in [-0.1, -0.05) is 59.6 Å². The number of hydrogen-bond donors (Lipinski definition) is 0. The van der Waals surface area contributed by atoms with Crippen LogP contribution in [-0.2, 0) is 24.3 Å². The van der Waals surface area contributed by atoms with Gasteiger partial charge >= 0.3 is 0 Å². The van der Waals surface area contributed by atoms with Crippen LogP contribution in [0.25, 0.3) is 0 Å². The molecule has 24 heavy (non-hydrogen) atoms. The van der Waals surface area contributed by atoms with E-state index in [-0.39, 0.29) is 5.91 Å². The average Bonchev–Trinajstić information content (AvgIpc) is 2.58. The quantitative estimate of drug-likeness (QED) is 0.820. The van der Waals surface area contributed by atoms with Gasteiger partial charge in [0, 0.05) is 19.6 Å². The molecule has 5 heteroatoms. The minimum Gasteiger partial charge on any atom is -0.337 e. The molecule has 3 nitrogen and oxygen atoms in total. The molecule has 0 N–H and O–H groups in total. The van der Waals surface area contributed by atoms with Crippen LogP contribution in [0.2, 0.25) is 10.0 Å². The number of amides is 1. The molecule has 0 saturated heterocycles. The maximum absolute atomic E-state index is 12.6. The molecule has 0 radical (unpaired) electrons. The standard InChI is InChI=1S/C19H20Cl2N2O/c1-22(11-16-7-4-8-17(20)19(16)21)13-18(24)23-10-9-14-5-2-3-6-15(14)12-23/h2-8H,9-13H2,1H3. The van der Waals surface area contributed by atoms with Crippen LogP contribution < -0.4 is 0 Å².